The molecule has 0 aromatic heterocycles. The van der Waals surface area contributed by atoms with Gasteiger partial charge in [0.1, 0.15) is 37.5 Å². The molecule has 4 unspecified atom stereocenters. The Morgan fingerprint density at radius 1 is 0.375 bits per heavy atom. The van der Waals surface area contributed by atoms with Gasteiger partial charge in [-0.2, -0.15) is 0 Å². The van der Waals surface area contributed by atoms with E-state index in [0.29, 0.717) is 216 Å². The van der Waals surface area contributed by atoms with Crippen LogP contribution in [0.2, 0.25) is 0 Å². The highest BCUT2D eigenvalue weighted by molar-refractivity contribution is 7.52. The van der Waals surface area contributed by atoms with Crippen molar-refractivity contribution in [2.75, 3.05) is 213 Å². The quantitative estimate of drug-likeness (QED) is 0.0313. The van der Waals surface area contributed by atoms with Gasteiger partial charge in [-0.05, 0) is 57.8 Å². The maximum absolute atomic E-state index is 14.2. The van der Waals surface area contributed by atoms with Crippen molar-refractivity contribution >= 4 is 60.1 Å². The molecule has 0 radical (unpaired) electrons. The summed E-state index contributed by atoms with van der Waals surface area (Å²) in [6.07, 6.45) is 8.17. The number of unbranched alkanes of at least 4 members (excludes halogenated alkanes) is 5. The second-order valence-electron chi connectivity index (χ2n) is 25.2. The van der Waals surface area contributed by atoms with Crippen LogP contribution in [0.25, 0.3) is 0 Å². The van der Waals surface area contributed by atoms with Gasteiger partial charge >= 0.3 is 0 Å². The summed E-state index contributed by atoms with van der Waals surface area (Å²) < 4.78 is 92.2. The molecule has 0 aliphatic carbocycles. The van der Waals surface area contributed by atoms with E-state index in [1.54, 1.807) is 28.1 Å². The summed E-state index contributed by atoms with van der Waals surface area (Å²) in [6.45, 7) is 12.2. The lowest BCUT2D eigenvalue weighted by Crippen LogP contribution is -2.44. The zero-order chi connectivity index (χ0) is 76.6. The molecule has 0 rings (SSSR count). The number of amides is 4. The molecule has 32 heteroatoms. The van der Waals surface area contributed by atoms with E-state index in [1.165, 1.54) is 7.11 Å². The van der Waals surface area contributed by atoms with Gasteiger partial charge < -0.3 is 107 Å². The highest BCUT2D eigenvalue weighted by Crippen LogP contribution is 2.43. The van der Waals surface area contributed by atoms with E-state index >= 15 is 0 Å². The largest absolute Gasteiger partial charge is 0.778 e. The molecule has 0 saturated heterocycles. The molecule has 0 aliphatic rings. The molecular weight excluding hydrogens is 1380 g/mol. The van der Waals surface area contributed by atoms with E-state index in [2.05, 4.69) is 21.3 Å². The monoisotopic (exact) mass is 1520 g/mol. The number of Topliss-reactive ketones (excluding diaryl/α,β-unsaturated/α-hetero) is 5. The molecule has 4 atom stereocenters. The van der Waals surface area contributed by atoms with Crippen LogP contribution in [0.15, 0.2) is 0 Å². The molecule has 608 valence electrons. The second-order valence-corrected chi connectivity index (χ2v) is 27.6. The Balaban J connectivity index is 4.85. The van der Waals surface area contributed by atoms with E-state index in [9.17, 15) is 57.7 Å². The van der Waals surface area contributed by atoms with Gasteiger partial charge in [0.15, 0.2) is 5.78 Å². The summed E-state index contributed by atoms with van der Waals surface area (Å²) in [5.41, 5.74) is -0.611. The third kappa shape index (κ3) is 66.0. The third-order valence-corrected chi connectivity index (χ3v) is 17.7. The van der Waals surface area contributed by atoms with Crippen LogP contribution >= 0.6 is 7.60 Å². The first-order valence-corrected chi connectivity index (χ1v) is 39.1. The molecule has 0 saturated carbocycles. The molecule has 0 fully saturated rings. The maximum atomic E-state index is 14.2. The van der Waals surface area contributed by atoms with Crippen LogP contribution in [0.5, 0.6) is 0 Å². The predicted octanol–water partition coefficient (Wildman–Crippen LogP) is 4.70. The van der Waals surface area contributed by atoms with Crippen molar-refractivity contribution in [1.29, 1.82) is 0 Å². The first-order chi connectivity index (χ1) is 50.4. The number of nitrogens with one attached hydrogen (secondary N) is 4. The number of ketones is 5. The van der Waals surface area contributed by atoms with E-state index < -0.39 is 31.1 Å². The fraction of sp³-hybridized carbons (Fsp3) is 0.875. The minimum atomic E-state index is -3.92. The topological polar surface area (TPSA) is 401 Å². The van der Waals surface area contributed by atoms with E-state index in [0.717, 1.165) is 19.3 Å². The fourth-order valence-corrected chi connectivity index (χ4v) is 10.4. The standard InChI is InChI=1S/C72H133N4O27P/c1-60(2)104(87,88)103-58-61(57-77)16-8-6-10-19-65(80)29-35-94-43-45-97-47-49-99-51-53-101-55-54-100-52-50-98-48-46-96-44-42-93-34-15-22-68(82)67(21-12-13-30-73-69(83)26-24-64(79)20-14-33-92-40-38-89-3)76-72(86)62(56-66(81)25-28-71(85)75-32-37-102-59-91-5)17-9-7-11-18-63(78)23-27-70(84)74-31-36-95-41-39-90-4/h60-62,67,77H,6-59H2,1-5H3,(H,73,83)(H,74,84)(H,75,85)(H,76,86)(H,87,88)/p-1. The van der Waals surface area contributed by atoms with Crippen molar-refractivity contribution in [3.63, 3.8) is 0 Å². The van der Waals surface area contributed by atoms with Crippen LogP contribution in [-0.2, 0) is 119 Å². The Morgan fingerprint density at radius 3 is 1.24 bits per heavy atom. The van der Waals surface area contributed by atoms with Crippen molar-refractivity contribution in [1.82, 2.24) is 21.3 Å². The maximum Gasteiger partial charge on any atom is 0.224 e. The summed E-state index contributed by atoms with van der Waals surface area (Å²) >= 11 is 0. The second kappa shape index (κ2) is 73.0. The lowest BCUT2D eigenvalue weighted by atomic mass is 9.91. The fourth-order valence-electron chi connectivity index (χ4n) is 9.69. The van der Waals surface area contributed by atoms with Crippen LogP contribution in [0.3, 0.4) is 0 Å². The number of hydrogen-bond acceptors (Lipinski definition) is 27. The van der Waals surface area contributed by atoms with Crippen molar-refractivity contribution in [3.05, 3.63) is 0 Å². The molecule has 5 N–H and O–H groups in total. The van der Waals surface area contributed by atoms with Gasteiger partial charge in [0.2, 0.25) is 23.6 Å². The smallest absolute Gasteiger partial charge is 0.224 e. The van der Waals surface area contributed by atoms with Crippen LogP contribution in [0.4, 0.5) is 0 Å². The van der Waals surface area contributed by atoms with Crippen molar-refractivity contribution in [3.8, 4) is 0 Å². The number of aliphatic hydroxyl groups excluding tert-OH is 1. The van der Waals surface area contributed by atoms with Crippen LogP contribution in [-0.4, -0.2) is 282 Å². The number of aliphatic hydroxyl groups is 1. The number of rotatable bonds is 82. The Morgan fingerprint density at radius 2 is 0.769 bits per heavy atom. The average Bonchev–Trinajstić information content (AvgIpc) is 0.886. The van der Waals surface area contributed by atoms with Gasteiger partial charge in [0, 0.05) is 155 Å². The van der Waals surface area contributed by atoms with Gasteiger partial charge in [0.25, 0.3) is 0 Å². The number of carbonyl (C=O) groups excluding carboxylic acids is 9. The lowest BCUT2D eigenvalue weighted by Gasteiger charge is -2.28. The van der Waals surface area contributed by atoms with Gasteiger partial charge in [-0.15, -0.1) is 0 Å². The molecule has 0 aliphatic heterocycles. The molecule has 0 bridgehead atoms. The Labute approximate surface area is 618 Å². The summed E-state index contributed by atoms with van der Waals surface area (Å²) in [6, 6.07) is -0.912. The van der Waals surface area contributed by atoms with Gasteiger partial charge in [-0.3, -0.25) is 43.2 Å². The third-order valence-electron chi connectivity index (χ3n) is 15.9. The normalized spacial score (nSPS) is 13.0. The Hall–Kier alpha value is -4.22. The zero-order valence-electron chi connectivity index (χ0n) is 63.5. The average molecular weight is 1520 g/mol. The highest BCUT2D eigenvalue weighted by Gasteiger charge is 2.28. The van der Waals surface area contributed by atoms with Gasteiger partial charge in [-0.25, -0.2) is 0 Å². The number of carbonyl (C=O) groups is 9. The van der Waals surface area contributed by atoms with Crippen LogP contribution in [0.1, 0.15) is 174 Å². The van der Waals surface area contributed by atoms with Crippen LogP contribution in [0, 0.1) is 11.8 Å². The zero-order valence-corrected chi connectivity index (χ0v) is 64.4. The van der Waals surface area contributed by atoms with Crippen molar-refractivity contribution < 1.29 is 129 Å². The molecule has 4 amide bonds. The molecule has 0 spiro atoms. The summed E-state index contributed by atoms with van der Waals surface area (Å²) in [5.74, 6) is -2.97. The Kier molecular flexibility index (Phi) is 70.0. The Bertz CT molecular complexity index is 2220. The molecule has 0 aromatic rings. The molecule has 0 heterocycles. The lowest BCUT2D eigenvalue weighted by molar-refractivity contribution is -0.202. The molecule has 31 nitrogen and oxygen atoms in total. The summed E-state index contributed by atoms with van der Waals surface area (Å²) in [4.78, 5) is 128. The SMILES string of the molecule is COCCOCCCC(=O)CCC(=O)NCCCCC(NC(=O)C(CCCCCC(=O)CCC(=O)NCCOCCOC)CC(=O)CCC(=O)NCCOCOC)C(=O)CCCOCCOCCOCCOCCOCCOCCOCCOCCC(=O)CCCCCC(CO)COP(=O)([O-])C(C)C. The number of hydrogen-bond donors (Lipinski definition) is 5. The predicted molar refractivity (Wildman–Crippen MR) is 384 cm³/mol. The number of ether oxygens (including phenoxy) is 14. The highest BCUT2D eigenvalue weighted by atomic mass is 31.2. The molecular formula is C72H132N4O27P-. The van der Waals surface area contributed by atoms with Crippen molar-refractivity contribution in [2.45, 2.75) is 186 Å². The van der Waals surface area contributed by atoms with Crippen LogP contribution < -0.4 is 26.2 Å². The summed E-state index contributed by atoms with van der Waals surface area (Å²) in [7, 11) is 0.709. The first-order valence-electron chi connectivity index (χ1n) is 37.5. The molecule has 104 heavy (non-hydrogen) atoms. The van der Waals surface area contributed by atoms with Gasteiger partial charge in [0.05, 0.1) is 151 Å². The molecule has 0 aromatic carbocycles. The summed E-state index contributed by atoms with van der Waals surface area (Å²) in [5, 5.41) is 20.7. The van der Waals surface area contributed by atoms with E-state index in [-0.39, 0.29) is 170 Å². The van der Waals surface area contributed by atoms with Crippen molar-refractivity contribution in [2.24, 2.45) is 11.8 Å². The van der Waals surface area contributed by atoms with E-state index in [1.807, 2.05) is 0 Å². The van der Waals surface area contributed by atoms with E-state index in [4.69, 9.17) is 70.8 Å². The minimum Gasteiger partial charge on any atom is -0.778 e. The number of methoxy groups -OCH3 is 3. The van der Waals surface area contributed by atoms with Gasteiger partial charge in [-0.1, -0.05) is 39.5 Å². The minimum absolute atomic E-state index is 0.0304. The first kappa shape index (κ1) is 99.8.